The summed E-state index contributed by atoms with van der Waals surface area (Å²) in [6.45, 7) is 0. The van der Waals surface area contributed by atoms with E-state index in [0.717, 1.165) is 52.3 Å². The van der Waals surface area contributed by atoms with Crippen molar-refractivity contribution in [3.05, 3.63) is 156 Å². The molecule has 0 saturated heterocycles. The van der Waals surface area contributed by atoms with E-state index in [1.165, 1.54) is 63.4 Å². The summed E-state index contributed by atoms with van der Waals surface area (Å²) >= 11 is 0. The average molecular weight is 616 g/mol. The van der Waals surface area contributed by atoms with Crippen molar-refractivity contribution >= 4 is 10.8 Å². The van der Waals surface area contributed by atoms with Gasteiger partial charge in [-0.25, -0.2) is 9.97 Å². The molecule has 2 aliphatic carbocycles. The van der Waals surface area contributed by atoms with Crippen LogP contribution in [0.4, 0.5) is 0 Å². The van der Waals surface area contributed by atoms with Crippen molar-refractivity contribution < 1.29 is 0 Å². The van der Waals surface area contributed by atoms with Gasteiger partial charge in [0, 0.05) is 22.1 Å². The van der Waals surface area contributed by atoms with Crippen LogP contribution in [0.25, 0.3) is 66.9 Å². The smallest absolute Gasteiger partial charge is 0.160 e. The monoisotopic (exact) mass is 615 g/mol. The fourth-order valence-corrected chi connectivity index (χ4v) is 8.08. The van der Waals surface area contributed by atoms with Gasteiger partial charge < -0.3 is 0 Å². The summed E-state index contributed by atoms with van der Waals surface area (Å²) < 4.78 is 0. The molecule has 1 heterocycles. The standard InChI is InChI=1S/C45H33N3/c46-29-30-13-21-38-39-22-20-36(27-41(39)45(40(38)25-30)23-7-2-8-24-45)32-14-17-33(18-15-32)42-28-43(48-44(47-42)34-10-3-1-4-11-34)37-19-16-31-9-5-6-12-35(31)26-37/h1,3-6,9-22,25-28H,2,7-8,23-24H2. The van der Waals surface area contributed by atoms with Crippen molar-refractivity contribution in [1.82, 2.24) is 9.97 Å². The molecule has 48 heavy (non-hydrogen) atoms. The highest BCUT2D eigenvalue weighted by atomic mass is 14.9. The van der Waals surface area contributed by atoms with E-state index in [-0.39, 0.29) is 5.41 Å². The Morgan fingerprint density at radius 3 is 1.88 bits per heavy atom. The third-order valence-corrected chi connectivity index (χ3v) is 10.5. The Morgan fingerprint density at radius 2 is 1.10 bits per heavy atom. The maximum atomic E-state index is 9.70. The lowest BCUT2D eigenvalue weighted by Gasteiger charge is -2.36. The molecule has 1 aromatic heterocycles. The van der Waals surface area contributed by atoms with Gasteiger partial charge in [0.05, 0.1) is 23.0 Å². The highest BCUT2D eigenvalue weighted by Gasteiger charge is 2.44. The van der Waals surface area contributed by atoms with Crippen molar-refractivity contribution in [1.29, 1.82) is 5.26 Å². The fourth-order valence-electron chi connectivity index (χ4n) is 8.08. The molecule has 3 nitrogen and oxygen atoms in total. The zero-order valence-corrected chi connectivity index (χ0v) is 26.7. The minimum Gasteiger partial charge on any atom is -0.228 e. The predicted molar refractivity (Wildman–Crippen MR) is 195 cm³/mol. The third kappa shape index (κ3) is 4.72. The molecule has 0 N–H and O–H groups in total. The number of aromatic nitrogens is 2. The quantitative estimate of drug-likeness (QED) is 0.198. The Labute approximate surface area is 281 Å². The van der Waals surface area contributed by atoms with Gasteiger partial charge in [0.25, 0.3) is 0 Å². The Hall–Kier alpha value is -5.85. The molecule has 0 bridgehead atoms. The van der Waals surface area contributed by atoms with Crippen LogP contribution in [0, 0.1) is 11.3 Å². The Balaban J connectivity index is 1.11. The number of benzene rings is 6. The van der Waals surface area contributed by atoms with Gasteiger partial charge in [-0.15, -0.1) is 0 Å². The number of rotatable bonds is 4. The molecule has 2 aliphatic rings. The normalized spacial score (nSPS) is 14.4. The summed E-state index contributed by atoms with van der Waals surface area (Å²) in [7, 11) is 0. The van der Waals surface area contributed by atoms with Crippen LogP contribution in [0.2, 0.25) is 0 Å². The summed E-state index contributed by atoms with van der Waals surface area (Å²) in [5.41, 5.74) is 13.5. The lowest BCUT2D eigenvalue weighted by molar-refractivity contribution is 0.353. The first kappa shape index (κ1) is 28.4. The van der Waals surface area contributed by atoms with Crippen LogP contribution in [0.3, 0.4) is 0 Å². The van der Waals surface area contributed by atoms with Crippen LogP contribution >= 0.6 is 0 Å². The molecule has 1 saturated carbocycles. The van der Waals surface area contributed by atoms with Gasteiger partial charge in [0.1, 0.15) is 0 Å². The predicted octanol–water partition coefficient (Wildman–Crippen LogP) is 11.4. The first-order chi connectivity index (χ1) is 23.7. The summed E-state index contributed by atoms with van der Waals surface area (Å²) in [6, 6.07) is 51.8. The Kier molecular flexibility index (Phi) is 6.76. The Bertz CT molecular complexity index is 2380. The average Bonchev–Trinajstić information content (AvgIpc) is 3.42. The van der Waals surface area contributed by atoms with E-state index in [9.17, 15) is 5.26 Å². The molecule has 0 amide bonds. The second-order valence-electron chi connectivity index (χ2n) is 13.2. The second kappa shape index (κ2) is 11.4. The number of nitrogens with zero attached hydrogens (tertiary/aromatic N) is 3. The van der Waals surface area contributed by atoms with Gasteiger partial charge in [0.2, 0.25) is 0 Å². The minimum absolute atomic E-state index is 0.000308. The SMILES string of the molecule is N#Cc1ccc2c(c1)C1(CCCCC1)c1cc(-c3ccc(-c4cc(-c5ccc6ccccc6c5)nc(-c5ccccc5)n4)cc3)ccc1-2. The van der Waals surface area contributed by atoms with Crippen LogP contribution in [0.5, 0.6) is 0 Å². The molecular weight excluding hydrogens is 583 g/mol. The fraction of sp³-hybridized carbons (Fsp3) is 0.133. The van der Waals surface area contributed by atoms with Gasteiger partial charge in [-0.1, -0.05) is 128 Å². The molecule has 0 unspecified atom stereocenters. The molecule has 9 rings (SSSR count). The van der Waals surface area contributed by atoms with Crippen LogP contribution in [-0.4, -0.2) is 9.97 Å². The molecule has 0 radical (unpaired) electrons. The third-order valence-electron chi connectivity index (χ3n) is 10.5. The highest BCUT2D eigenvalue weighted by Crippen LogP contribution is 2.56. The molecule has 1 spiro atoms. The Morgan fingerprint density at radius 1 is 0.479 bits per heavy atom. The van der Waals surface area contributed by atoms with Crippen molar-refractivity contribution in [3.63, 3.8) is 0 Å². The van der Waals surface area contributed by atoms with Gasteiger partial charge in [-0.05, 0) is 87.3 Å². The number of hydrogen-bond acceptors (Lipinski definition) is 3. The lowest BCUT2D eigenvalue weighted by atomic mass is 9.67. The number of fused-ring (bicyclic) bond motifs is 6. The minimum atomic E-state index is -0.000308. The van der Waals surface area contributed by atoms with Crippen molar-refractivity contribution in [2.45, 2.75) is 37.5 Å². The largest absolute Gasteiger partial charge is 0.228 e. The summed E-state index contributed by atoms with van der Waals surface area (Å²) in [6.07, 6.45) is 6.00. The van der Waals surface area contributed by atoms with Crippen LogP contribution in [-0.2, 0) is 5.41 Å². The molecular formula is C45H33N3. The molecule has 0 aliphatic heterocycles. The molecule has 0 atom stereocenters. The van der Waals surface area contributed by atoms with Gasteiger partial charge in [-0.3, -0.25) is 0 Å². The summed E-state index contributed by atoms with van der Waals surface area (Å²) in [4.78, 5) is 10.1. The maximum Gasteiger partial charge on any atom is 0.160 e. The number of hydrogen-bond donors (Lipinski definition) is 0. The first-order valence-electron chi connectivity index (χ1n) is 16.9. The van der Waals surface area contributed by atoms with Crippen LogP contribution < -0.4 is 0 Å². The second-order valence-corrected chi connectivity index (χ2v) is 13.2. The first-order valence-corrected chi connectivity index (χ1v) is 16.9. The molecule has 228 valence electrons. The van der Waals surface area contributed by atoms with Gasteiger partial charge >= 0.3 is 0 Å². The van der Waals surface area contributed by atoms with Crippen molar-refractivity contribution in [2.75, 3.05) is 0 Å². The maximum absolute atomic E-state index is 9.70. The van der Waals surface area contributed by atoms with Gasteiger partial charge in [-0.2, -0.15) is 5.26 Å². The molecule has 3 heteroatoms. The topological polar surface area (TPSA) is 49.6 Å². The molecule has 7 aromatic rings. The van der Waals surface area contributed by atoms with Crippen LogP contribution in [0.1, 0.15) is 48.8 Å². The summed E-state index contributed by atoms with van der Waals surface area (Å²) in [5.74, 6) is 0.718. The zero-order valence-electron chi connectivity index (χ0n) is 26.7. The molecule has 6 aromatic carbocycles. The van der Waals surface area contributed by atoms with E-state index in [4.69, 9.17) is 9.97 Å². The van der Waals surface area contributed by atoms with Crippen LogP contribution in [0.15, 0.2) is 140 Å². The van der Waals surface area contributed by atoms with E-state index < -0.39 is 0 Å². The molecule has 1 fully saturated rings. The van der Waals surface area contributed by atoms with E-state index in [2.05, 4.69) is 121 Å². The number of nitriles is 1. The highest BCUT2D eigenvalue weighted by molar-refractivity contribution is 5.88. The van der Waals surface area contributed by atoms with Crippen molar-refractivity contribution in [2.24, 2.45) is 0 Å². The van der Waals surface area contributed by atoms with Crippen molar-refractivity contribution in [3.8, 4) is 62.2 Å². The van der Waals surface area contributed by atoms with E-state index in [1.54, 1.807) is 0 Å². The zero-order chi connectivity index (χ0) is 32.1. The van der Waals surface area contributed by atoms with E-state index in [1.807, 2.05) is 24.3 Å². The van der Waals surface area contributed by atoms with E-state index >= 15 is 0 Å². The van der Waals surface area contributed by atoms with E-state index in [0.29, 0.717) is 0 Å². The van der Waals surface area contributed by atoms with Gasteiger partial charge in [0.15, 0.2) is 5.82 Å². The lowest BCUT2D eigenvalue weighted by Crippen LogP contribution is -2.28. The summed E-state index contributed by atoms with van der Waals surface area (Å²) in [5, 5.41) is 12.1.